The Morgan fingerprint density at radius 1 is 1.35 bits per heavy atom. The van der Waals surface area contributed by atoms with Crippen LogP contribution in [0.25, 0.3) is 0 Å². The zero-order valence-corrected chi connectivity index (χ0v) is 12.4. The summed E-state index contributed by atoms with van der Waals surface area (Å²) < 4.78 is 13.3. The second-order valence-corrected chi connectivity index (χ2v) is 5.73. The van der Waals surface area contributed by atoms with Gasteiger partial charge in [0.15, 0.2) is 0 Å². The van der Waals surface area contributed by atoms with Gasteiger partial charge in [-0.2, -0.15) is 0 Å². The third-order valence-corrected chi connectivity index (χ3v) is 4.17. The number of oxime groups is 1. The Morgan fingerprint density at radius 2 is 2.17 bits per heavy atom. The molecule has 2 heterocycles. The van der Waals surface area contributed by atoms with Gasteiger partial charge in [0.1, 0.15) is 11.9 Å². The van der Waals surface area contributed by atoms with Crippen LogP contribution >= 0.6 is 0 Å². The van der Waals surface area contributed by atoms with Crippen molar-refractivity contribution in [2.24, 2.45) is 5.16 Å². The molecule has 1 amide bonds. The summed E-state index contributed by atoms with van der Waals surface area (Å²) in [6, 6.07) is 5.11. The molecular weight excluding hydrogens is 303 g/mol. The Balaban J connectivity index is 1.69. The summed E-state index contributed by atoms with van der Waals surface area (Å²) in [5, 5.41) is 13.1. The van der Waals surface area contributed by atoms with E-state index in [9.17, 15) is 19.1 Å². The molecule has 0 bridgehead atoms. The first-order valence-electron chi connectivity index (χ1n) is 7.58. The van der Waals surface area contributed by atoms with Gasteiger partial charge < -0.3 is 14.8 Å². The number of likely N-dealkylation sites (tertiary alicyclic amines) is 1. The molecule has 0 radical (unpaired) electrons. The average molecular weight is 320 g/mol. The lowest BCUT2D eigenvalue weighted by atomic mass is 9.99. The minimum Gasteiger partial charge on any atom is -0.480 e. The van der Waals surface area contributed by atoms with E-state index in [0.717, 1.165) is 12.8 Å². The standard InChI is InChI=1S/C16H17FN2O4/c17-11-5-3-4-10(8-11)12-9-14(23-18-12)15(20)19-7-2-1-6-13(19)16(21)22/h3-5,8,13-14H,1-2,6-7,9H2,(H,21,22)/t13-,14-/m0/s1. The molecule has 1 aromatic rings. The smallest absolute Gasteiger partial charge is 0.326 e. The van der Waals surface area contributed by atoms with E-state index in [-0.39, 0.29) is 18.1 Å². The maximum absolute atomic E-state index is 13.3. The average Bonchev–Trinajstić information content (AvgIpc) is 3.04. The number of carboxylic acids is 1. The van der Waals surface area contributed by atoms with Crippen LogP contribution in [-0.4, -0.2) is 46.3 Å². The quantitative estimate of drug-likeness (QED) is 0.921. The van der Waals surface area contributed by atoms with Crippen molar-refractivity contribution < 1.29 is 23.9 Å². The summed E-state index contributed by atoms with van der Waals surface area (Å²) in [5.74, 6) is -1.75. The molecule has 0 unspecified atom stereocenters. The van der Waals surface area contributed by atoms with E-state index in [1.54, 1.807) is 12.1 Å². The van der Waals surface area contributed by atoms with Gasteiger partial charge in [-0.05, 0) is 31.4 Å². The van der Waals surface area contributed by atoms with E-state index < -0.39 is 18.1 Å². The van der Waals surface area contributed by atoms with Crippen LogP contribution in [0.4, 0.5) is 4.39 Å². The number of aliphatic carboxylic acids is 1. The van der Waals surface area contributed by atoms with Crippen LogP contribution in [0.15, 0.2) is 29.4 Å². The van der Waals surface area contributed by atoms with Crippen LogP contribution in [0.5, 0.6) is 0 Å². The van der Waals surface area contributed by atoms with Gasteiger partial charge in [-0.25, -0.2) is 9.18 Å². The van der Waals surface area contributed by atoms with Crippen LogP contribution in [0, 0.1) is 5.82 Å². The fourth-order valence-electron chi connectivity index (χ4n) is 2.99. The lowest BCUT2D eigenvalue weighted by molar-refractivity contribution is -0.157. The Kier molecular flexibility index (Phi) is 4.27. The summed E-state index contributed by atoms with van der Waals surface area (Å²) in [4.78, 5) is 30.4. The number of rotatable bonds is 3. The van der Waals surface area contributed by atoms with Crippen LogP contribution in [0.1, 0.15) is 31.2 Å². The van der Waals surface area contributed by atoms with E-state index >= 15 is 0 Å². The van der Waals surface area contributed by atoms with Crippen molar-refractivity contribution in [1.29, 1.82) is 0 Å². The topological polar surface area (TPSA) is 79.2 Å². The number of nitrogens with zero attached hydrogens (tertiary/aromatic N) is 2. The van der Waals surface area contributed by atoms with Gasteiger partial charge in [-0.1, -0.05) is 17.3 Å². The summed E-state index contributed by atoms with van der Waals surface area (Å²) in [6.45, 7) is 0.408. The van der Waals surface area contributed by atoms with Crippen LogP contribution < -0.4 is 0 Å². The third kappa shape index (κ3) is 3.18. The van der Waals surface area contributed by atoms with E-state index in [0.29, 0.717) is 24.2 Å². The first-order chi connectivity index (χ1) is 11.1. The van der Waals surface area contributed by atoms with Gasteiger partial charge in [-0.3, -0.25) is 4.79 Å². The fraction of sp³-hybridized carbons (Fsp3) is 0.438. The minimum absolute atomic E-state index is 0.213. The minimum atomic E-state index is -0.998. The van der Waals surface area contributed by atoms with Crippen molar-refractivity contribution in [2.45, 2.75) is 37.8 Å². The molecule has 23 heavy (non-hydrogen) atoms. The molecule has 3 rings (SSSR count). The number of amides is 1. The predicted octanol–water partition coefficient (Wildman–Crippen LogP) is 1.78. The van der Waals surface area contributed by atoms with Crippen molar-refractivity contribution >= 4 is 17.6 Å². The Hall–Kier alpha value is -2.44. The van der Waals surface area contributed by atoms with Gasteiger partial charge in [0.25, 0.3) is 5.91 Å². The normalized spacial score (nSPS) is 24.0. The van der Waals surface area contributed by atoms with Crippen molar-refractivity contribution in [3.8, 4) is 0 Å². The molecule has 2 aliphatic heterocycles. The summed E-state index contributed by atoms with van der Waals surface area (Å²) in [5.41, 5.74) is 1.06. The molecular formula is C16H17FN2O4. The van der Waals surface area contributed by atoms with E-state index in [4.69, 9.17) is 4.84 Å². The summed E-state index contributed by atoms with van der Waals surface area (Å²) >= 11 is 0. The van der Waals surface area contributed by atoms with Crippen LogP contribution in [0.2, 0.25) is 0 Å². The molecule has 0 aromatic heterocycles. The highest BCUT2D eigenvalue weighted by molar-refractivity contribution is 6.04. The number of hydrogen-bond acceptors (Lipinski definition) is 4. The molecule has 0 aliphatic carbocycles. The molecule has 1 saturated heterocycles. The number of hydrogen-bond donors (Lipinski definition) is 1. The summed E-state index contributed by atoms with van der Waals surface area (Å²) in [7, 11) is 0. The van der Waals surface area contributed by atoms with Gasteiger partial charge in [0.05, 0.1) is 5.71 Å². The van der Waals surface area contributed by atoms with Crippen molar-refractivity contribution in [3.63, 3.8) is 0 Å². The molecule has 0 saturated carbocycles. The molecule has 2 atom stereocenters. The van der Waals surface area contributed by atoms with Gasteiger partial charge in [0.2, 0.25) is 6.10 Å². The van der Waals surface area contributed by atoms with Crippen molar-refractivity contribution in [1.82, 2.24) is 4.90 Å². The second-order valence-electron chi connectivity index (χ2n) is 5.73. The molecule has 7 heteroatoms. The number of halogens is 1. The maximum atomic E-state index is 13.3. The molecule has 122 valence electrons. The van der Waals surface area contributed by atoms with Crippen LogP contribution in [0.3, 0.4) is 0 Å². The zero-order valence-electron chi connectivity index (χ0n) is 12.4. The van der Waals surface area contributed by atoms with E-state index in [2.05, 4.69) is 5.16 Å². The lowest BCUT2D eigenvalue weighted by Crippen LogP contribution is -2.51. The molecule has 1 fully saturated rings. The van der Waals surface area contributed by atoms with Crippen LogP contribution in [-0.2, 0) is 14.4 Å². The SMILES string of the molecule is O=C(O)[C@@H]1CCCCN1C(=O)[C@@H]1CC(c2cccc(F)c2)=NO1. The molecule has 1 N–H and O–H groups in total. The largest absolute Gasteiger partial charge is 0.480 e. The van der Waals surface area contributed by atoms with Gasteiger partial charge in [-0.15, -0.1) is 0 Å². The monoisotopic (exact) mass is 320 g/mol. The first-order valence-corrected chi connectivity index (χ1v) is 7.58. The van der Waals surface area contributed by atoms with Gasteiger partial charge in [0, 0.05) is 18.5 Å². The van der Waals surface area contributed by atoms with Gasteiger partial charge >= 0.3 is 5.97 Å². The molecule has 6 nitrogen and oxygen atoms in total. The number of carbonyl (C=O) groups excluding carboxylic acids is 1. The van der Waals surface area contributed by atoms with E-state index in [1.807, 2.05) is 0 Å². The van der Waals surface area contributed by atoms with E-state index in [1.165, 1.54) is 17.0 Å². The van der Waals surface area contributed by atoms with Crippen molar-refractivity contribution in [3.05, 3.63) is 35.6 Å². The molecule has 0 spiro atoms. The number of benzene rings is 1. The molecule has 1 aromatic carbocycles. The van der Waals surface area contributed by atoms with Crippen molar-refractivity contribution in [2.75, 3.05) is 6.54 Å². The third-order valence-electron chi connectivity index (χ3n) is 4.17. The Bertz CT molecular complexity index is 661. The zero-order chi connectivity index (χ0) is 16.4. The number of carbonyl (C=O) groups is 2. The highest BCUT2D eigenvalue weighted by atomic mass is 19.1. The molecule has 2 aliphatic rings. The number of piperidine rings is 1. The fourth-order valence-corrected chi connectivity index (χ4v) is 2.99. The predicted molar refractivity (Wildman–Crippen MR) is 79.4 cm³/mol. The highest BCUT2D eigenvalue weighted by Crippen LogP contribution is 2.23. The Morgan fingerprint density at radius 3 is 2.91 bits per heavy atom. The number of carboxylic acid groups (broad SMARTS) is 1. The highest BCUT2D eigenvalue weighted by Gasteiger charge is 2.39. The lowest BCUT2D eigenvalue weighted by Gasteiger charge is -2.33. The maximum Gasteiger partial charge on any atom is 0.326 e. The second kappa shape index (κ2) is 6.36. The Labute approximate surface area is 132 Å². The first kappa shape index (κ1) is 15.5. The summed E-state index contributed by atoms with van der Waals surface area (Å²) in [6.07, 6.45) is 1.39.